The van der Waals surface area contributed by atoms with E-state index in [4.69, 9.17) is 0 Å². The Morgan fingerprint density at radius 3 is 2.79 bits per heavy atom. The minimum atomic E-state index is -0.354. The van der Waals surface area contributed by atoms with E-state index in [0.29, 0.717) is 10.0 Å². The molecule has 0 saturated carbocycles. The van der Waals surface area contributed by atoms with E-state index in [1.54, 1.807) is 24.4 Å². The van der Waals surface area contributed by atoms with Gasteiger partial charge in [0.15, 0.2) is 0 Å². The number of halogens is 1. The first-order valence-corrected chi connectivity index (χ1v) is 6.77. The van der Waals surface area contributed by atoms with Crippen LogP contribution in [0.1, 0.15) is 30.1 Å². The zero-order valence-corrected chi connectivity index (χ0v) is 12.2. The summed E-state index contributed by atoms with van der Waals surface area (Å²) in [6.45, 7) is 1.91. The van der Waals surface area contributed by atoms with Crippen molar-refractivity contribution in [2.45, 2.75) is 19.8 Å². The Balaban J connectivity index is 2.38. The summed E-state index contributed by atoms with van der Waals surface area (Å²) in [5.74, 6) is -0.659. The molecule has 1 aromatic rings. The second-order valence-electron chi connectivity index (χ2n) is 3.80. The third kappa shape index (κ3) is 5.65. The highest BCUT2D eigenvalue weighted by atomic mass is 79.9. The molecule has 0 aliphatic rings. The molecule has 2 amide bonds. The Bertz CT molecular complexity index is 475. The van der Waals surface area contributed by atoms with Crippen LogP contribution >= 0.6 is 15.9 Å². The molecule has 6 heteroatoms. The van der Waals surface area contributed by atoms with Crippen LogP contribution in [0.5, 0.6) is 0 Å². The number of nitrogens with one attached hydrogen (secondary N) is 2. The first kappa shape index (κ1) is 15.4. The molecule has 0 unspecified atom stereocenters. The molecule has 102 valence electrons. The maximum Gasteiger partial charge on any atom is 0.259 e. The Kier molecular flexibility index (Phi) is 6.81. The Labute approximate surface area is 120 Å². The van der Waals surface area contributed by atoms with E-state index in [1.807, 2.05) is 13.0 Å². The lowest BCUT2D eigenvalue weighted by Gasteiger charge is -2.05. The molecular weight excluding hydrogens is 310 g/mol. The number of amides is 2. The van der Waals surface area contributed by atoms with Gasteiger partial charge in [-0.05, 0) is 34.5 Å². The molecule has 0 aliphatic heterocycles. The summed E-state index contributed by atoms with van der Waals surface area (Å²) in [5, 5.41) is 6.27. The summed E-state index contributed by atoms with van der Waals surface area (Å²) >= 11 is 3.28. The van der Waals surface area contributed by atoms with Crippen molar-refractivity contribution in [3.8, 4) is 0 Å². The molecule has 0 aromatic heterocycles. The number of carbonyl (C=O) groups is 2. The van der Waals surface area contributed by atoms with Gasteiger partial charge < -0.3 is 5.32 Å². The number of hydrazone groups is 1. The maximum atomic E-state index is 11.8. The van der Waals surface area contributed by atoms with Gasteiger partial charge >= 0.3 is 0 Å². The molecule has 1 aromatic carbocycles. The number of hydrogen-bond acceptors (Lipinski definition) is 3. The summed E-state index contributed by atoms with van der Waals surface area (Å²) in [5.41, 5.74) is 2.83. The van der Waals surface area contributed by atoms with E-state index >= 15 is 0 Å². The van der Waals surface area contributed by atoms with Crippen LogP contribution in [0.3, 0.4) is 0 Å². The van der Waals surface area contributed by atoms with E-state index < -0.39 is 0 Å². The maximum absolute atomic E-state index is 11.8. The predicted molar refractivity (Wildman–Crippen MR) is 78.0 cm³/mol. The van der Waals surface area contributed by atoms with Crippen molar-refractivity contribution in [3.63, 3.8) is 0 Å². The van der Waals surface area contributed by atoms with Crippen LogP contribution in [0.4, 0.5) is 0 Å². The van der Waals surface area contributed by atoms with Crippen molar-refractivity contribution in [3.05, 3.63) is 34.3 Å². The van der Waals surface area contributed by atoms with Gasteiger partial charge in [-0.15, -0.1) is 0 Å². The summed E-state index contributed by atoms with van der Waals surface area (Å²) in [6.07, 6.45) is 3.41. The topological polar surface area (TPSA) is 70.6 Å². The highest BCUT2D eigenvalue weighted by molar-refractivity contribution is 9.10. The van der Waals surface area contributed by atoms with Gasteiger partial charge in [0.25, 0.3) is 11.8 Å². The van der Waals surface area contributed by atoms with E-state index in [2.05, 4.69) is 31.8 Å². The number of unbranched alkanes of at least 4 members (excludes halogenated alkanes) is 1. The molecule has 0 bridgehead atoms. The summed E-state index contributed by atoms with van der Waals surface area (Å²) in [6, 6.07) is 7.02. The molecule has 0 radical (unpaired) electrons. The van der Waals surface area contributed by atoms with E-state index in [-0.39, 0.29) is 18.4 Å². The van der Waals surface area contributed by atoms with Gasteiger partial charge in [0, 0.05) is 10.7 Å². The average Bonchev–Trinajstić information content (AvgIpc) is 2.41. The molecule has 0 aliphatic carbocycles. The van der Waals surface area contributed by atoms with Crippen molar-refractivity contribution in [2.24, 2.45) is 5.10 Å². The van der Waals surface area contributed by atoms with E-state index in [1.165, 1.54) is 0 Å². The van der Waals surface area contributed by atoms with E-state index in [0.717, 1.165) is 12.8 Å². The van der Waals surface area contributed by atoms with Gasteiger partial charge in [-0.25, -0.2) is 5.43 Å². The van der Waals surface area contributed by atoms with Gasteiger partial charge in [-0.1, -0.05) is 25.5 Å². The van der Waals surface area contributed by atoms with Crippen LogP contribution in [-0.2, 0) is 4.79 Å². The second-order valence-corrected chi connectivity index (χ2v) is 4.65. The molecule has 0 fully saturated rings. The highest BCUT2D eigenvalue weighted by Gasteiger charge is 2.10. The Hall–Kier alpha value is -1.69. The lowest BCUT2D eigenvalue weighted by molar-refractivity contribution is -0.120. The lowest BCUT2D eigenvalue weighted by atomic mass is 10.2. The van der Waals surface area contributed by atoms with Gasteiger partial charge in [0.2, 0.25) is 0 Å². The van der Waals surface area contributed by atoms with Gasteiger partial charge in [-0.2, -0.15) is 5.10 Å². The van der Waals surface area contributed by atoms with Crippen molar-refractivity contribution in [1.29, 1.82) is 0 Å². The number of hydrogen-bond donors (Lipinski definition) is 2. The smallest absolute Gasteiger partial charge is 0.259 e. The zero-order valence-electron chi connectivity index (χ0n) is 10.6. The Morgan fingerprint density at radius 1 is 1.37 bits per heavy atom. The van der Waals surface area contributed by atoms with Crippen molar-refractivity contribution >= 4 is 34.0 Å². The van der Waals surface area contributed by atoms with Gasteiger partial charge in [0.05, 0.1) is 12.1 Å². The second kappa shape index (κ2) is 8.42. The zero-order chi connectivity index (χ0) is 14.1. The fourth-order valence-electron chi connectivity index (χ4n) is 1.25. The SMILES string of the molecule is CCCC=NNC(=O)CNC(=O)c1ccccc1Br. The van der Waals surface area contributed by atoms with Crippen LogP contribution in [0.15, 0.2) is 33.8 Å². The van der Waals surface area contributed by atoms with Gasteiger partial charge in [0.1, 0.15) is 0 Å². The molecule has 0 saturated heterocycles. The third-order valence-electron chi connectivity index (χ3n) is 2.23. The molecule has 0 heterocycles. The fourth-order valence-corrected chi connectivity index (χ4v) is 1.72. The molecule has 2 N–H and O–H groups in total. The predicted octanol–water partition coefficient (Wildman–Crippen LogP) is 2.08. The van der Waals surface area contributed by atoms with Crippen molar-refractivity contribution in [2.75, 3.05) is 6.54 Å². The van der Waals surface area contributed by atoms with Crippen LogP contribution in [0, 0.1) is 0 Å². The Morgan fingerprint density at radius 2 is 2.11 bits per heavy atom. The van der Waals surface area contributed by atoms with Crippen molar-refractivity contribution < 1.29 is 9.59 Å². The molecule has 0 spiro atoms. The quantitative estimate of drug-likeness (QED) is 0.621. The molecular formula is C13H16BrN3O2. The van der Waals surface area contributed by atoms with E-state index in [9.17, 15) is 9.59 Å². The molecule has 1 rings (SSSR count). The first-order valence-electron chi connectivity index (χ1n) is 5.98. The summed E-state index contributed by atoms with van der Waals surface area (Å²) in [7, 11) is 0. The lowest BCUT2D eigenvalue weighted by Crippen LogP contribution is -2.35. The summed E-state index contributed by atoms with van der Waals surface area (Å²) < 4.78 is 0.689. The van der Waals surface area contributed by atoms with Crippen LogP contribution in [-0.4, -0.2) is 24.6 Å². The minimum Gasteiger partial charge on any atom is -0.343 e. The third-order valence-corrected chi connectivity index (χ3v) is 2.92. The number of carbonyl (C=O) groups excluding carboxylic acids is 2. The average molecular weight is 326 g/mol. The summed E-state index contributed by atoms with van der Waals surface area (Å²) in [4.78, 5) is 23.2. The van der Waals surface area contributed by atoms with Crippen LogP contribution < -0.4 is 10.7 Å². The number of nitrogens with zero attached hydrogens (tertiary/aromatic N) is 1. The minimum absolute atomic E-state index is 0.108. The first-order chi connectivity index (χ1) is 9.15. The molecule has 0 atom stereocenters. The normalized spacial score (nSPS) is 10.4. The molecule has 5 nitrogen and oxygen atoms in total. The molecule has 19 heavy (non-hydrogen) atoms. The van der Waals surface area contributed by atoms with Crippen LogP contribution in [0.25, 0.3) is 0 Å². The highest BCUT2D eigenvalue weighted by Crippen LogP contribution is 2.15. The number of rotatable bonds is 6. The fraction of sp³-hybridized carbons (Fsp3) is 0.308. The largest absolute Gasteiger partial charge is 0.343 e. The standard InChI is InChI=1S/C13H16BrN3O2/c1-2-3-8-16-17-12(18)9-15-13(19)10-6-4-5-7-11(10)14/h4-8H,2-3,9H2,1H3,(H,15,19)(H,17,18). The van der Waals surface area contributed by atoms with Crippen LogP contribution in [0.2, 0.25) is 0 Å². The number of benzene rings is 1. The van der Waals surface area contributed by atoms with Gasteiger partial charge in [-0.3, -0.25) is 9.59 Å². The monoisotopic (exact) mass is 325 g/mol. The van der Waals surface area contributed by atoms with Crippen molar-refractivity contribution in [1.82, 2.24) is 10.7 Å².